The Morgan fingerprint density at radius 3 is 1.93 bits per heavy atom. The molecule has 0 saturated heterocycles. The van der Waals surface area contributed by atoms with E-state index in [1.54, 1.807) is 23.0 Å². The molecule has 5 nitrogen and oxygen atoms in total. The third-order valence-electron chi connectivity index (χ3n) is 1.11. The molecule has 15 heavy (non-hydrogen) atoms. The maximum atomic E-state index is 10.3. The molecule has 0 aliphatic carbocycles. The van der Waals surface area contributed by atoms with Crippen LogP contribution in [-0.4, -0.2) is 31.1 Å². The maximum absolute atomic E-state index is 10.3. The van der Waals surface area contributed by atoms with Crippen LogP contribution in [0, 0.1) is 0 Å². The summed E-state index contributed by atoms with van der Waals surface area (Å²) in [6, 6.07) is 0. The van der Waals surface area contributed by atoms with Gasteiger partial charge in [0.25, 0.3) is 0 Å². The quantitative estimate of drug-likeness (QED) is 0.559. The fourth-order valence-electron chi connectivity index (χ4n) is 0.448. The van der Waals surface area contributed by atoms with Crippen molar-refractivity contribution in [1.29, 1.82) is 0 Å². The second kappa shape index (κ2) is 8.89. The van der Waals surface area contributed by atoms with Gasteiger partial charge in [-0.3, -0.25) is 4.98 Å². The maximum Gasteiger partial charge on any atom is 0.330 e. The third-order valence-corrected chi connectivity index (χ3v) is 1.63. The summed E-state index contributed by atoms with van der Waals surface area (Å²) in [5.41, 5.74) is 1.79. The summed E-state index contributed by atoms with van der Waals surface area (Å²) in [5.74, 6) is -1.16. The van der Waals surface area contributed by atoms with Gasteiger partial charge in [0.15, 0.2) is 0 Å². The van der Waals surface area contributed by atoms with Crippen molar-refractivity contribution in [2.75, 3.05) is 14.2 Å². The number of hydrogen-bond donors (Lipinski definition) is 0. The van der Waals surface area contributed by atoms with Gasteiger partial charge >= 0.3 is 11.9 Å². The van der Waals surface area contributed by atoms with Gasteiger partial charge in [0.05, 0.1) is 19.7 Å². The highest BCUT2D eigenvalue weighted by Gasteiger charge is 1.94. The minimum atomic E-state index is -0.578. The first-order valence-electron chi connectivity index (χ1n) is 3.86. The van der Waals surface area contributed by atoms with E-state index < -0.39 is 11.9 Å². The Kier molecular flexibility index (Phi) is 7.89. The molecular weight excluding hydrogens is 218 g/mol. The molecule has 0 aliphatic rings. The van der Waals surface area contributed by atoms with Crippen LogP contribution in [-0.2, 0) is 19.1 Å². The van der Waals surface area contributed by atoms with E-state index >= 15 is 0 Å². The van der Waals surface area contributed by atoms with Gasteiger partial charge in [0.2, 0.25) is 0 Å². The predicted octanol–water partition coefficient (Wildman–Crippen LogP) is 1.03. The number of carbonyl (C=O) groups is 2. The van der Waals surface area contributed by atoms with E-state index in [9.17, 15) is 9.59 Å². The Bertz CT molecular complexity index is 273. The molecule has 0 amide bonds. The molecule has 0 atom stereocenters. The normalized spacial score (nSPS) is 8.93. The lowest BCUT2D eigenvalue weighted by Crippen LogP contribution is -1.98. The van der Waals surface area contributed by atoms with Crippen molar-refractivity contribution >= 4 is 23.3 Å². The molecule has 6 heteroatoms. The molecule has 1 aromatic rings. The van der Waals surface area contributed by atoms with Crippen LogP contribution in [0.4, 0.5) is 0 Å². The molecule has 0 unspecified atom stereocenters. The molecule has 0 aromatic carbocycles. The molecule has 0 radical (unpaired) electrons. The van der Waals surface area contributed by atoms with E-state index in [1.165, 1.54) is 14.2 Å². The van der Waals surface area contributed by atoms with Crippen molar-refractivity contribution in [2.24, 2.45) is 0 Å². The summed E-state index contributed by atoms with van der Waals surface area (Å²) in [4.78, 5) is 24.4. The topological polar surface area (TPSA) is 65.5 Å². The average Bonchev–Trinajstić information content (AvgIpc) is 2.83. The summed E-state index contributed by atoms with van der Waals surface area (Å²) in [6.45, 7) is 0. The molecule has 0 aliphatic heterocycles. The number of ether oxygens (including phenoxy) is 2. The summed E-state index contributed by atoms with van der Waals surface area (Å²) in [6.07, 6.45) is 3.75. The number of methoxy groups -OCH3 is 2. The van der Waals surface area contributed by atoms with Gasteiger partial charge in [-0.15, -0.1) is 11.3 Å². The number of nitrogens with zero attached hydrogens (tertiary/aromatic N) is 1. The van der Waals surface area contributed by atoms with Gasteiger partial charge in [-0.1, -0.05) is 0 Å². The van der Waals surface area contributed by atoms with Gasteiger partial charge < -0.3 is 9.47 Å². The highest BCUT2D eigenvalue weighted by Crippen LogP contribution is 1.85. The summed E-state index contributed by atoms with van der Waals surface area (Å²) < 4.78 is 8.42. The minimum absolute atomic E-state index is 0.578. The van der Waals surface area contributed by atoms with Crippen molar-refractivity contribution in [3.63, 3.8) is 0 Å². The SMILES string of the molecule is COC(=O)/C=C\C(=O)OC.c1cscn1. The van der Waals surface area contributed by atoms with E-state index in [-0.39, 0.29) is 0 Å². The molecule has 82 valence electrons. The summed E-state index contributed by atoms with van der Waals surface area (Å²) in [7, 11) is 2.45. The highest BCUT2D eigenvalue weighted by molar-refractivity contribution is 7.07. The third kappa shape index (κ3) is 8.63. The van der Waals surface area contributed by atoms with Crippen LogP contribution in [0.3, 0.4) is 0 Å². The zero-order valence-electron chi connectivity index (χ0n) is 8.38. The predicted molar refractivity (Wildman–Crippen MR) is 55.3 cm³/mol. The first-order chi connectivity index (χ1) is 7.20. The van der Waals surface area contributed by atoms with Gasteiger partial charge in [-0.05, 0) is 0 Å². The number of esters is 2. The summed E-state index contributed by atoms with van der Waals surface area (Å²) in [5, 5.41) is 1.93. The Labute approximate surface area is 91.3 Å². The number of rotatable bonds is 2. The van der Waals surface area contributed by atoms with Crippen LogP contribution in [0.5, 0.6) is 0 Å². The Hall–Kier alpha value is -1.69. The van der Waals surface area contributed by atoms with Gasteiger partial charge in [-0.25, -0.2) is 9.59 Å². The van der Waals surface area contributed by atoms with Crippen molar-refractivity contribution < 1.29 is 19.1 Å². The lowest BCUT2D eigenvalue weighted by molar-refractivity contribution is -0.137. The minimum Gasteiger partial charge on any atom is -0.466 e. The first kappa shape index (κ1) is 13.3. The van der Waals surface area contributed by atoms with E-state index in [1.807, 2.05) is 5.38 Å². The Morgan fingerprint density at radius 2 is 1.73 bits per heavy atom. The van der Waals surface area contributed by atoms with Crippen LogP contribution in [0.25, 0.3) is 0 Å². The summed E-state index contributed by atoms with van der Waals surface area (Å²) >= 11 is 1.60. The Morgan fingerprint density at radius 1 is 1.20 bits per heavy atom. The molecule has 1 rings (SSSR count). The first-order valence-corrected chi connectivity index (χ1v) is 4.81. The number of hydrogen-bond acceptors (Lipinski definition) is 6. The average molecular weight is 229 g/mol. The lowest BCUT2D eigenvalue weighted by Gasteiger charge is -1.89. The van der Waals surface area contributed by atoms with Crippen molar-refractivity contribution in [1.82, 2.24) is 4.98 Å². The molecule has 1 heterocycles. The van der Waals surface area contributed by atoms with Crippen LogP contribution in [0.1, 0.15) is 0 Å². The standard InChI is InChI=1S/C6H8O4.C3H3NS/c1-9-5(7)3-4-6(8)10-2;1-2-5-3-4-1/h3-4H,1-2H3;1-3H/b4-3-;. The second-order valence-electron chi connectivity index (χ2n) is 2.06. The zero-order valence-corrected chi connectivity index (χ0v) is 9.19. The fourth-order valence-corrected chi connectivity index (χ4v) is 0.799. The molecular formula is C9H11NO4S. The van der Waals surface area contributed by atoms with Crippen molar-refractivity contribution in [3.8, 4) is 0 Å². The molecule has 0 bridgehead atoms. The van der Waals surface area contributed by atoms with Crippen molar-refractivity contribution in [2.45, 2.75) is 0 Å². The van der Waals surface area contributed by atoms with E-state index in [2.05, 4.69) is 14.5 Å². The number of thiazole rings is 1. The van der Waals surface area contributed by atoms with Crippen LogP contribution in [0.2, 0.25) is 0 Å². The van der Waals surface area contributed by atoms with Gasteiger partial charge in [-0.2, -0.15) is 0 Å². The number of carbonyl (C=O) groups excluding carboxylic acids is 2. The van der Waals surface area contributed by atoms with E-state index in [0.29, 0.717) is 0 Å². The van der Waals surface area contributed by atoms with Crippen molar-refractivity contribution in [3.05, 3.63) is 29.2 Å². The monoisotopic (exact) mass is 229 g/mol. The lowest BCUT2D eigenvalue weighted by atomic mass is 10.5. The molecule has 0 N–H and O–H groups in total. The molecule has 1 aromatic heterocycles. The highest BCUT2D eigenvalue weighted by atomic mass is 32.1. The second-order valence-corrected chi connectivity index (χ2v) is 2.81. The molecule has 0 fully saturated rings. The Balaban J connectivity index is 0.000000322. The fraction of sp³-hybridized carbons (Fsp3) is 0.222. The molecule has 0 spiro atoms. The van der Waals surface area contributed by atoms with Crippen LogP contribution < -0.4 is 0 Å². The molecule has 0 saturated carbocycles. The van der Waals surface area contributed by atoms with Gasteiger partial charge in [0, 0.05) is 23.7 Å². The van der Waals surface area contributed by atoms with E-state index in [4.69, 9.17) is 0 Å². The van der Waals surface area contributed by atoms with Crippen LogP contribution >= 0.6 is 11.3 Å². The smallest absolute Gasteiger partial charge is 0.330 e. The van der Waals surface area contributed by atoms with E-state index in [0.717, 1.165) is 12.2 Å². The number of aromatic nitrogens is 1. The zero-order chi connectivity index (χ0) is 11.5. The largest absolute Gasteiger partial charge is 0.466 e. The van der Waals surface area contributed by atoms with Crippen LogP contribution in [0.15, 0.2) is 29.2 Å². The van der Waals surface area contributed by atoms with Gasteiger partial charge in [0.1, 0.15) is 0 Å².